The van der Waals surface area contributed by atoms with Crippen molar-refractivity contribution in [3.63, 3.8) is 0 Å². The van der Waals surface area contributed by atoms with Gasteiger partial charge in [-0.15, -0.1) is 11.3 Å². The molecule has 35 heavy (non-hydrogen) atoms. The molecule has 0 spiro atoms. The van der Waals surface area contributed by atoms with Crippen LogP contribution in [0.5, 0.6) is 5.75 Å². The molecule has 0 bridgehead atoms. The quantitative estimate of drug-likeness (QED) is 0.422. The molecule has 1 saturated carbocycles. The molecule has 1 aliphatic rings. The van der Waals surface area contributed by atoms with Crippen molar-refractivity contribution < 1.29 is 27.5 Å². The highest BCUT2D eigenvalue weighted by Crippen LogP contribution is 2.21. The zero-order valence-corrected chi connectivity index (χ0v) is 19.3. The number of urea groups is 1. The van der Waals surface area contributed by atoms with E-state index in [2.05, 4.69) is 20.9 Å². The van der Waals surface area contributed by atoms with E-state index in [4.69, 9.17) is 4.74 Å². The van der Waals surface area contributed by atoms with E-state index in [1.807, 2.05) is 0 Å². The molecule has 7 nitrogen and oxygen atoms in total. The highest BCUT2D eigenvalue weighted by molar-refractivity contribution is 7.09. The van der Waals surface area contributed by atoms with Gasteiger partial charge in [0.15, 0.2) is 23.2 Å². The highest BCUT2D eigenvalue weighted by atomic mass is 32.1. The number of halogens is 3. The first-order valence-electron chi connectivity index (χ1n) is 11.0. The fraction of sp³-hybridized carbons (Fsp3) is 0.292. The summed E-state index contributed by atoms with van der Waals surface area (Å²) in [5.74, 6) is -2.83. The van der Waals surface area contributed by atoms with Crippen molar-refractivity contribution in [3.8, 4) is 5.75 Å². The molecule has 0 unspecified atom stereocenters. The van der Waals surface area contributed by atoms with Gasteiger partial charge in [0.05, 0.1) is 6.04 Å². The van der Waals surface area contributed by atoms with E-state index in [-0.39, 0.29) is 35.8 Å². The summed E-state index contributed by atoms with van der Waals surface area (Å²) < 4.78 is 45.6. The molecule has 1 aliphatic carbocycles. The van der Waals surface area contributed by atoms with Crippen LogP contribution in [0.3, 0.4) is 0 Å². The second kappa shape index (κ2) is 11.2. The lowest BCUT2D eigenvalue weighted by molar-refractivity contribution is 0.0911. The number of carbonyl (C=O) groups is 2. The SMILES string of the molecule is O=C(Nc1ccc(F)c(F)c1)N[C@@H]1CCCC[C@@H]1NC(=O)c1csc(COc2ccccc2F)n1. The van der Waals surface area contributed by atoms with Gasteiger partial charge in [-0.3, -0.25) is 4.79 Å². The fourth-order valence-corrected chi connectivity index (χ4v) is 4.50. The number of hydrogen-bond acceptors (Lipinski definition) is 5. The number of para-hydroxylation sites is 1. The Morgan fingerprint density at radius 3 is 2.46 bits per heavy atom. The van der Waals surface area contributed by atoms with Gasteiger partial charge in [-0.25, -0.2) is 22.9 Å². The number of carbonyl (C=O) groups excluding carboxylic acids is 2. The van der Waals surface area contributed by atoms with E-state index >= 15 is 0 Å². The van der Waals surface area contributed by atoms with Crippen molar-refractivity contribution in [2.75, 3.05) is 5.32 Å². The summed E-state index contributed by atoms with van der Waals surface area (Å²) in [4.78, 5) is 29.4. The van der Waals surface area contributed by atoms with Crippen molar-refractivity contribution in [1.29, 1.82) is 0 Å². The molecule has 3 N–H and O–H groups in total. The molecule has 11 heteroatoms. The number of hydrogen-bond donors (Lipinski definition) is 3. The third-order valence-corrected chi connectivity index (χ3v) is 6.37. The topological polar surface area (TPSA) is 92.4 Å². The van der Waals surface area contributed by atoms with Crippen molar-refractivity contribution in [2.45, 2.75) is 44.4 Å². The van der Waals surface area contributed by atoms with Crippen LogP contribution in [0.1, 0.15) is 41.2 Å². The summed E-state index contributed by atoms with van der Waals surface area (Å²) in [5.41, 5.74) is 0.322. The van der Waals surface area contributed by atoms with E-state index < -0.39 is 29.4 Å². The van der Waals surface area contributed by atoms with Crippen LogP contribution in [0, 0.1) is 17.5 Å². The Balaban J connectivity index is 1.32. The van der Waals surface area contributed by atoms with Gasteiger partial charge in [0.2, 0.25) is 0 Å². The van der Waals surface area contributed by atoms with Gasteiger partial charge in [-0.2, -0.15) is 0 Å². The van der Waals surface area contributed by atoms with Crippen LogP contribution < -0.4 is 20.7 Å². The van der Waals surface area contributed by atoms with E-state index in [1.165, 1.54) is 29.5 Å². The Kier molecular flexibility index (Phi) is 7.86. The largest absolute Gasteiger partial charge is 0.483 e. The summed E-state index contributed by atoms with van der Waals surface area (Å²) in [6.45, 7) is 0.0244. The molecule has 3 aromatic rings. The van der Waals surface area contributed by atoms with Crippen molar-refractivity contribution >= 4 is 29.0 Å². The normalized spacial score (nSPS) is 17.5. The van der Waals surface area contributed by atoms with Crippen LogP contribution in [0.2, 0.25) is 0 Å². The van der Waals surface area contributed by atoms with Crippen LogP contribution in [0.25, 0.3) is 0 Å². The van der Waals surface area contributed by atoms with Gasteiger partial charge in [-0.05, 0) is 37.1 Å². The monoisotopic (exact) mass is 504 g/mol. The third-order valence-electron chi connectivity index (χ3n) is 5.55. The Morgan fingerprint density at radius 1 is 0.971 bits per heavy atom. The summed E-state index contributed by atoms with van der Waals surface area (Å²) in [5, 5.41) is 10.3. The average molecular weight is 505 g/mol. The van der Waals surface area contributed by atoms with E-state index in [0.717, 1.165) is 25.0 Å². The highest BCUT2D eigenvalue weighted by Gasteiger charge is 2.29. The maximum Gasteiger partial charge on any atom is 0.319 e. The van der Waals surface area contributed by atoms with Crippen molar-refractivity contribution in [2.24, 2.45) is 0 Å². The Labute approximate surface area is 203 Å². The molecule has 2 aromatic carbocycles. The fourth-order valence-electron chi connectivity index (χ4n) is 3.81. The Morgan fingerprint density at radius 2 is 1.71 bits per heavy atom. The minimum Gasteiger partial charge on any atom is -0.483 e. The van der Waals surface area contributed by atoms with Gasteiger partial charge in [0.25, 0.3) is 5.91 Å². The van der Waals surface area contributed by atoms with E-state index in [0.29, 0.717) is 17.8 Å². The zero-order chi connectivity index (χ0) is 24.8. The minimum absolute atomic E-state index is 0.0244. The van der Waals surface area contributed by atoms with E-state index in [9.17, 15) is 22.8 Å². The van der Waals surface area contributed by atoms with Gasteiger partial charge in [-0.1, -0.05) is 25.0 Å². The molecule has 0 aliphatic heterocycles. The van der Waals surface area contributed by atoms with Gasteiger partial charge in [0.1, 0.15) is 17.3 Å². The summed E-state index contributed by atoms with van der Waals surface area (Å²) in [7, 11) is 0. The van der Waals surface area contributed by atoms with Crippen LogP contribution >= 0.6 is 11.3 Å². The number of nitrogens with zero attached hydrogens (tertiary/aromatic N) is 1. The van der Waals surface area contributed by atoms with Gasteiger partial charge in [0, 0.05) is 23.2 Å². The van der Waals surface area contributed by atoms with Crippen LogP contribution in [-0.2, 0) is 6.61 Å². The number of rotatable bonds is 7. The molecule has 184 valence electrons. The molecular weight excluding hydrogens is 481 g/mol. The first-order valence-corrected chi connectivity index (χ1v) is 11.9. The average Bonchev–Trinajstić information content (AvgIpc) is 3.31. The number of ether oxygens (including phenoxy) is 1. The second-order valence-electron chi connectivity index (χ2n) is 8.04. The van der Waals surface area contributed by atoms with E-state index in [1.54, 1.807) is 17.5 Å². The number of benzene rings is 2. The maximum atomic E-state index is 13.7. The summed E-state index contributed by atoms with van der Waals surface area (Å²) in [6, 6.07) is 7.85. The maximum absolute atomic E-state index is 13.7. The predicted octanol–water partition coefficient (Wildman–Crippen LogP) is 5.00. The zero-order valence-electron chi connectivity index (χ0n) is 18.5. The van der Waals surface area contributed by atoms with Crippen LogP contribution in [-0.4, -0.2) is 29.0 Å². The Bertz CT molecular complexity index is 1210. The van der Waals surface area contributed by atoms with Crippen LogP contribution in [0.15, 0.2) is 47.8 Å². The molecule has 1 fully saturated rings. The molecule has 1 aromatic heterocycles. The lowest BCUT2D eigenvalue weighted by Crippen LogP contribution is -2.54. The van der Waals surface area contributed by atoms with Crippen LogP contribution in [0.4, 0.5) is 23.7 Å². The van der Waals surface area contributed by atoms with Crippen molar-refractivity contribution in [1.82, 2.24) is 15.6 Å². The minimum atomic E-state index is -1.06. The third kappa shape index (κ3) is 6.50. The first-order chi connectivity index (χ1) is 16.9. The lowest BCUT2D eigenvalue weighted by atomic mass is 9.90. The lowest BCUT2D eigenvalue weighted by Gasteiger charge is -2.32. The van der Waals surface area contributed by atoms with Gasteiger partial charge >= 0.3 is 6.03 Å². The predicted molar refractivity (Wildman–Crippen MR) is 125 cm³/mol. The standard InChI is InChI=1S/C24H23F3N4O3S/c25-15-10-9-14(11-17(15)27)28-24(33)31-19-7-3-2-6-18(19)30-23(32)20-13-35-22(29-20)12-34-21-8-4-1-5-16(21)26/h1,4-5,8-11,13,18-19H,2-3,6-7,12H2,(H,30,32)(H2,28,31,33)/t18-,19+/m0/s1. The molecule has 1 heterocycles. The molecule has 4 rings (SSSR count). The Hall–Kier alpha value is -3.60. The number of thiazole rings is 1. The van der Waals surface area contributed by atoms with Gasteiger partial charge < -0.3 is 20.7 Å². The molecular formula is C24H23F3N4O3S. The second-order valence-corrected chi connectivity index (χ2v) is 8.99. The van der Waals surface area contributed by atoms with Crippen molar-refractivity contribution in [3.05, 3.63) is 76.0 Å². The smallest absolute Gasteiger partial charge is 0.319 e. The molecule has 2 atom stereocenters. The summed E-state index contributed by atoms with van der Waals surface area (Å²) in [6.07, 6.45) is 3.06. The number of aromatic nitrogens is 1. The molecule has 0 radical (unpaired) electrons. The molecule has 3 amide bonds. The molecule has 0 saturated heterocycles. The number of amides is 3. The number of anilines is 1. The first kappa shape index (κ1) is 24.5. The number of nitrogens with one attached hydrogen (secondary N) is 3. The summed E-state index contributed by atoms with van der Waals surface area (Å²) >= 11 is 1.22.